The van der Waals surface area contributed by atoms with Crippen molar-refractivity contribution >= 4 is 27.3 Å². The Morgan fingerprint density at radius 3 is 2.59 bits per heavy atom. The molecule has 0 saturated heterocycles. The van der Waals surface area contributed by atoms with Crippen LogP contribution in [0.5, 0.6) is 0 Å². The van der Waals surface area contributed by atoms with E-state index in [1.165, 1.54) is 41.7 Å². The van der Waals surface area contributed by atoms with Crippen LogP contribution < -0.4 is 10.6 Å². The molecule has 4 heterocycles. The zero-order chi connectivity index (χ0) is 28.8. The summed E-state index contributed by atoms with van der Waals surface area (Å²) in [5.41, 5.74) is 0.522. The number of aromatic nitrogens is 7. The molecule has 0 atom stereocenters. The van der Waals surface area contributed by atoms with E-state index in [2.05, 4.69) is 35.8 Å². The van der Waals surface area contributed by atoms with Crippen LogP contribution in [0, 0.1) is 0 Å². The minimum absolute atomic E-state index is 0.0588. The lowest BCUT2D eigenvalue weighted by molar-refractivity contribution is 0.0196. The number of aliphatic hydroxyl groups is 1. The van der Waals surface area contributed by atoms with Crippen LogP contribution in [0.4, 0.5) is 26.1 Å². The fraction of sp³-hybridized carbons (Fsp3) is 0.423. The molecule has 0 unspecified atom stereocenters. The van der Waals surface area contributed by atoms with Gasteiger partial charge in [-0.15, -0.1) is 0 Å². The van der Waals surface area contributed by atoms with E-state index in [1.54, 1.807) is 12.1 Å². The molecule has 2 aliphatic rings. The highest BCUT2D eigenvalue weighted by atomic mass is 32.2. The first kappa shape index (κ1) is 27.2. The Morgan fingerprint density at radius 1 is 1.10 bits per heavy atom. The van der Waals surface area contributed by atoms with Gasteiger partial charge in [0.2, 0.25) is 0 Å². The van der Waals surface area contributed by atoms with Gasteiger partial charge in [0.05, 0.1) is 40.7 Å². The fourth-order valence-corrected chi connectivity index (χ4v) is 6.26. The van der Waals surface area contributed by atoms with Crippen LogP contribution in [0.3, 0.4) is 0 Å². The van der Waals surface area contributed by atoms with Crippen molar-refractivity contribution in [2.24, 2.45) is 0 Å². The minimum atomic E-state index is -3.51. The van der Waals surface area contributed by atoms with Gasteiger partial charge in [0.15, 0.2) is 5.82 Å². The number of nitrogens with zero attached hydrogens (tertiary/aromatic N) is 7. The summed E-state index contributed by atoms with van der Waals surface area (Å²) in [5.74, 6) is 1.12. The van der Waals surface area contributed by atoms with E-state index >= 15 is 0 Å². The monoisotopic (exact) mass is 585 g/mol. The van der Waals surface area contributed by atoms with Crippen LogP contribution in [0.15, 0.2) is 49.2 Å². The van der Waals surface area contributed by atoms with Gasteiger partial charge < -0.3 is 15.7 Å². The SMILES string of the molecule is CC1(O)CCC(Nc2cc(Nc3ccnc(-c4cnn(S(=O)(=O)C5CC5)c4)n3)ncc2-n2ccc(C(F)F)n2)CC1. The number of hydrogen-bond donors (Lipinski definition) is 3. The molecule has 0 aromatic carbocycles. The van der Waals surface area contributed by atoms with Crippen molar-refractivity contribution in [1.29, 1.82) is 0 Å². The molecule has 4 aromatic rings. The molecule has 12 nitrogen and oxygen atoms in total. The number of hydrogen-bond acceptors (Lipinski definition) is 10. The largest absolute Gasteiger partial charge is 0.390 e. The second-order valence-corrected chi connectivity index (χ2v) is 12.8. The predicted molar refractivity (Wildman–Crippen MR) is 147 cm³/mol. The first-order valence-electron chi connectivity index (χ1n) is 13.3. The highest BCUT2D eigenvalue weighted by molar-refractivity contribution is 7.90. The number of alkyl halides is 2. The highest BCUT2D eigenvalue weighted by Crippen LogP contribution is 2.33. The molecule has 0 aliphatic heterocycles. The van der Waals surface area contributed by atoms with Crippen LogP contribution in [0.1, 0.15) is 57.6 Å². The van der Waals surface area contributed by atoms with Crippen LogP contribution in [-0.2, 0) is 10.0 Å². The summed E-state index contributed by atoms with van der Waals surface area (Å²) in [6, 6.07) is 4.71. The molecule has 0 bridgehead atoms. The van der Waals surface area contributed by atoms with Crippen molar-refractivity contribution < 1.29 is 22.3 Å². The lowest BCUT2D eigenvalue weighted by Gasteiger charge is -2.34. The molecule has 4 aromatic heterocycles. The van der Waals surface area contributed by atoms with Crippen molar-refractivity contribution in [1.82, 2.24) is 33.9 Å². The lowest BCUT2D eigenvalue weighted by Crippen LogP contribution is -2.36. The van der Waals surface area contributed by atoms with E-state index in [1.807, 2.05) is 6.92 Å². The van der Waals surface area contributed by atoms with Gasteiger partial charge in [-0.05, 0) is 57.6 Å². The maximum atomic E-state index is 13.2. The normalized spacial score (nSPS) is 21.2. The Hall–Kier alpha value is -3.98. The van der Waals surface area contributed by atoms with Gasteiger partial charge in [-0.3, -0.25) is 0 Å². The van der Waals surface area contributed by atoms with E-state index in [0.29, 0.717) is 54.3 Å². The topological polar surface area (TPSA) is 153 Å². The van der Waals surface area contributed by atoms with Gasteiger partial charge >= 0.3 is 0 Å². The molecule has 0 radical (unpaired) electrons. The number of nitrogens with one attached hydrogen (secondary N) is 2. The van der Waals surface area contributed by atoms with Crippen LogP contribution in [0.25, 0.3) is 17.1 Å². The van der Waals surface area contributed by atoms with Crippen molar-refractivity contribution in [3.8, 4) is 17.1 Å². The third-order valence-electron chi connectivity index (χ3n) is 7.32. The number of halogens is 2. The van der Waals surface area contributed by atoms with Crippen molar-refractivity contribution in [2.45, 2.75) is 68.8 Å². The first-order valence-corrected chi connectivity index (χ1v) is 14.8. The van der Waals surface area contributed by atoms with Crippen molar-refractivity contribution in [3.63, 3.8) is 0 Å². The van der Waals surface area contributed by atoms with E-state index in [0.717, 1.165) is 16.9 Å². The molecule has 6 rings (SSSR count). The van der Waals surface area contributed by atoms with Crippen molar-refractivity contribution in [3.05, 3.63) is 54.9 Å². The number of anilines is 3. The van der Waals surface area contributed by atoms with Gasteiger partial charge in [0, 0.05) is 24.5 Å². The second-order valence-electron chi connectivity index (χ2n) is 10.7. The highest BCUT2D eigenvalue weighted by Gasteiger charge is 2.37. The molecule has 15 heteroatoms. The quantitative estimate of drug-likeness (QED) is 0.262. The van der Waals surface area contributed by atoms with Crippen LogP contribution in [0.2, 0.25) is 0 Å². The summed E-state index contributed by atoms with van der Waals surface area (Å²) < 4.78 is 53.7. The lowest BCUT2D eigenvalue weighted by atomic mass is 9.83. The van der Waals surface area contributed by atoms with Gasteiger partial charge in [0.25, 0.3) is 16.4 Å². The summed E-state index contributed by atoms with van der Waals surface area (Å²) in [5, 5.41) is 24.6. The first-order chi connectivity index (χ1) is 19.6. The minimum Gasteiger partial charge on any atom is -0.390 e. The van der Waals surface area contributed by atoms with E-state index in [9.17, 15) is 22.3 Å². The summed E-state index contributed by atoms with van der Waals surface area (Å²) in [4.78, 5) is 13.2. The Morgan fingerprint density at radius 2 is 1.88 bits per heavy atom. The Labute approximate surface area is 234 Å². The standard InChI is InChI=1S/C26H29F2N9O3S/c1-26(38)8-4-17(5-9-26)32-20-12-23(30-14-21(20)36-11-7-19(35-36)24(27)28)33-22-6-10-29-25(34-22)16-13-31-37(15-16)41(39,40)18-2-3-18/h6-7,10-15,17-18,24,38H,2-5,8-9H2,1H3,(H2,29,30,32,33,34). The molecule has 3 N–H and O–H groups in total. The maximum absolute atomic E-state index is 13.2. The van der Waals surface area contributed by atoms with Gasteiger partial charge in [0.1, 0.15) is 23.0 Å². The van der Waals surface area contributed by atoms with Gasteiger partial charge in [-0.25, -0.2) is 36.8 Å². The summed E-state index contributed by atoms with van der Waals surface area (Å²) in [6.07, 6.45) is 8.64. The molecule has 2 saturated carbocycles. The van der Waals surface area contributed by atoms with Crippen molar-refractivity contribution in [2.75, 3.05) is 10.6 Å². The third-order valence-corrected chi connectivity index (χ3v) is 9.36. The Bertz CT molecular complexity index is 1660. The van der Waals surface area contributed by atoms with Crippen LogP contribution >= 0.6 is 0 Å². The summed E-state index contributed by atoms with van der Waals surface area (Å²) in [6.45, 7) is 1.83. The molecule has 2 aliphatic carbocycles. The molecular weight excluding hydrogens is 556 g/mol. The zero-order valence-corrected chi connectivity index (χ0v) is 23.0. The Balaban J connectivity index is 1.26. The predicted octanol–water partition coefficient (Wildman–Crippen LogP) is 4.05. The molecule has 41 heavy (non-hydrogen) atoms. The molecule has 2 fully saturated rings. The van der Waals surface area contributed by atoms with Gasteiger partial charge in [-0.1, -0.05) is 0 Å². The molecular formula is C26H29F2N9O3S. The number of pyridine rings is 1. The van der Waals surface area contributed by atoms with E-state index in [-0.39, 0.29) is 17.6 Å². The second kappa shape index (κ2) is 10.4. The maximum Gasteiger partial charge on any atom is 0.282 e. The number of rotatable bonds is 9. The van der Waals surface area contributed by atoms with Crippen LogP contribution in [-0.4, -0.2) is 64.3 Å². The van der Waals surface area contributed by atoms with E-state index < -0.39 is 27.3 Å². The average Bonchev–Trinajstić information content (AvgIpc) is 3.48. The fourth-order valence-electron chi connectivity index (χ4n) is 4.78. The van der Waals surface area contributed by atoms with Gasteiger partial charge in [-0.2, -0.15) is 14.3 Å². The summed E-state index contributed by atoms with van der Waals surface area (Å²) in [7, 11) is -3.51. The smallest absolute Gasteiger partial charge is 0.282 e. The molecule has 0 amide bonds. The Kier molecular flexibility index (Phi) is 6.93. The summed E-state index contributed by atoms with van der Waals surface area (Å²) >= 11 is 0. The van der Waals surface area contributed by atoms with E-state index in [4.69, 9.17) is 0 Å². The molecule has 216 valence electrons. The average molecular weight is 586 g/mol. The zero-order valence-electron chi connectivity index (χ0n) is 22.2. The molecule has 0 spiro atoms. The third kappa shape index (κ3) is 5.91.